The molecule has 2 heteroatoms. The van der Waals surface area contributed by atoms with Crippen LogP contribution in [0, 0.1) is 0 Å². The Morgan fingerprint density at radius 1 is 1.00 bits per heavy atom. The summed E-state index contributed by atoms with van der Waals surface area (Å²) in [5, 5.41) is 0. The van der Waals surface area contributed by atoms with Gasteiger partial charge in [-0.1, -0.05) is 6.08 Å². The average molecular weight is 153 g/mol. The van der Waals surface area contributed by atoms with E-state index in [4.69, 9.17) is 0 Å². The minimum atomic E-state index is 2.00. The van der Waals surface area contributed by atoms with E-state index in [2.05, 4.69) is 0 Å². The van der Waals surface area contributed by atoms with Gasteiger partial charge < -0.3 is 4.90 Å². The molecule has 0 spiro atoms. The summed E-state index contributed by atoms with van der Waals surface area (Å²) in [6.07, 6.45) is 10.0. The minimum Gasteiger partial charge on any atom is -0.383 e. The first kappa shape index (κ1) is 9.95. The Morgan fingerprint density at radius 3 is 2.09 bits per heavy atom. The van der Waals surface area contributed by atoms with E-state index in [1.165, 1.54) is 0 Å². The molecular formula is C9H17N2+. The van der Waals surface area contributed by atoms with Crippen molar-refractivity contribution in [3.8, 4) is 0 Å². The third kappa shape index (κ3) is 8.95. The van der Waals surface area contributed by atoms with Gasteiger partial charge in [0.1, 0.15) is 14.1 Å². The zero-order valence-electron chi connectivity index (χ0n) is 7.78. The smallest absolute Gasteiger partial charge is 0.162 e. The molecule has 11 heavy (non-hydrogen) atoms. The lowest BCUT2D eigenvalue weighted by Crippen LogP contribution is -1.99. The van der Waals surface area contributed by atoms with Gasteiger partial charge in [-0.15, -0.1) is 0 Å². The van der Waals surface area contributed by atoms with Crippen LogP contribution in [-0.2, 0) is 0 Å². The molecule has 0 atom stereocenters. The summed E-state index contributed by atoms with van der Waals surface area (Å²) >= 11 is 0. The van der Waals surface area contributed by atoms with Crippen molar-refractivity contribution in [2.24, 2.45) is 0 Å². The van der Waals surface area contributed by atoms with E-state index >= 15 is 0 Å². The Hall–Kier alpha value is -1.05. The molecule has 0 radical (unpaired) electrons. The lowest BCUT2D eigenvalue weighted by Gasteiger charge is -2.00. The zero-order chi connectivity index (χ0) is 8.69. The number of nitrogens with zero attached hydrogens (tertiary/aromatic N) is 2. The molecule has 0 rings (SSSR count). The molecule has 0 saturated carbocycles. The highest BCUT2D eigenvalue weighted by atomic mass is 15.0. The van der Waals surface area contributed by atoms with Gasteiger partial charge in [0.25, 0.3) is 0 Å². The Labute approximate surface area is 69.1 Å². The monoisotopic (exact) mass is 153 g/mol. The highest BCUT2D eigenvalue weighted by Crippen LogP contribution is 1.78. The predicted molar refractivity (Wildman–Crippen MR) is 50.1 cm³/mol. The maximum atomic E-state index is 2.00. The summed E-state index contributed by atoms with van der Waals surface area (Å²) in [5.74, 6) is 0. The molecule has 0 aliphatic rings. The molecule has 0 fully saturated rings. The molecule has 0 bridgehead atoms. The maximum absolute atomic E-state index is 2.00. The molecule has 0 amide bonds. The van der Waals surface area contributed by atoms with Crippen LogP contribution in [0.2, 0.25) is 0 Å². The number of allylic oxidation sites excluding steroid dienone is 3. The van der Waals surface area contributed by atoms with Crippen molar-refractivity contribution in [3.05, 3.63) is 24.4 Å². The van der Waals surface area contributed by atoms with Gasteiger partial charge in [-0.2, -0.15) is 0 Å². The number of rotatable bonds is 3. The van der Waals surface area contributed by atoms with E-state index < -0.39 is 0 Å². The standard InChI is InChI=1S/C9H17N2/c1-10(2)8-6-5-7-9-11(3)4/h5-9H,1-4H3/q+1. The van der Waals surface area contributed by atoms with E-state index in [0.717, 1.165) is 0 Å². The van der Waals surface area contributed by atoms with Crippen LogP contribution >= 0.6 is 0 Å². The second-order valence-corrected chi connectivity index (χ2v) is 2.80. The van der Waals surface area contributed by atoms with Crippen LogP contribution < -0.4 is 0 Å². The van der Waals surface area contributed by atoms with Crippen LogP contribution in [0.15, 0.2) is 24.4 Å². The van der Waals surface area contributed by atoms with E-state index in [0.29, 0.717) is 0 Å². The SMILES string of the molecule is CN(C)/C=C/C=C/C=[N+](C)C. The first-order valence-electron chi connectivity index (χ1n) is 3.64. The first-order chi connectivity index (χ1) is 5.13. The summed E-state index contributed by atoms with van der Waals surface area (Å²) in [4.78, 5) is 2.00. The van der Waals surface area contributed by atoms with Crippen molar-refractivity contribution in [3.63, 3.8) is 0 Å². The van der Waals surface area contributed by atoms with Gasteiger partial charge >= 0.3 is 0 Å². The summed E-state index contributed by atoms with van der Waals surface area (Å²) in [7, 11) is 8.00. The fourth-order valence-corrected chi connectivity index (χ4v) is 0.508. The number of hydrogen-bond donors (Lipinski definition) is 0. The maximum Gasteiger partial charge on any atom is 0.162 e. The quantitative estimate of drug-likeness (QED) is 0.332. The van der Waals surface area contributed by atoms with Crippen LogP contribution in [0.4, 0.5) is 0 Å². The highest BCUT2D eigenvalue weighted by molar-refractivity contribution is 5.66. The zero-order valence-corrected chi connectivity index (χ0v) is 7.78. The average Bonchev–Trinajstić information content (AvgIpc) is 1.85. The molecular weight excluding hydrogens is 136 g/mol. The van der Waals surface area contributed by atoms with Gasteiger partial charge in [0.2, 0.25) is 0 Å². The van der Waals surface area contributed by atoms with Crippen LogP contribution in [0.3, 0.4) is 0 Å². The van der Waals surface area contributed by atoms with Crippen molar-refractivity contribution >= 4 is 6.21 Å². The second kappa shape index (κ2) is 5.71. The van der Waals surface area contributed by atoms with E-state index in [-0.39, 0.29) is 0 Å². The molecule has 0 aliphatic heterocycles. The van der Waals surface area contributed by atoms with Crippen molar-refractivity contribution in [1.29, 1.82) is 0 Å². The molecule has 0 N–H and O–H groups in total. The fourth-order valence-electron chi connectivity index (χ4n) is 0.508. The van der Waals surface area contributed by atoms with E-state index in [9.17, 15) is 0 Å². The molecule has 62 valence electrons. The van der Waals surface area contributed by atoms with Crippen LogP contribution in [0.1, 0.15) is 0 Å². The first-order valence-corrected chi connectivity index (χ1v) is 3.64. The Balaban J connectivity index is 3.69. The van der Waals surface area contributed by atoms with Gasteiger partial charge in [0.05, 0.1) is 0 Å². The van der Waals surface area contributed by atoms with Crippen molar-refractivity contribution in [2.75, 3.05) is 28.2 Å². The summed E-state index contributed by atoms with van der Waals surface area (Å²) in [6.45, 7) is 0. The Kier molecular flexibility index (Phi) is 5.17. The fraction of sp³-hybridized carbons (Fsp3) is 0.444. The second-order valence-electron chi connectivity index (χ2n) is 2.80. The van der Waals surface area contributed by atoms with E-state index in [1.807, 2.05) is 68.3 Å². The largest absolute Gasteiger partial charge is 0.383 e. The molecule has 2 nitrogen and oxygen atoms in total. The summed E-state index contributed by atoms with van der Waals surface area (Å²) < 4.78 is 2.00. The Morgan fingerprint density at radius 2 is 1.64 bits per heavy atom. The van der Waals surface area contributed by atoms with Crippen LogP contribution in [0.25, 0.3) is 0 Å². The van der Waals surface area contributed by atoms with Crippen molar-refractivity contribution in [2.45, 2.75) is 0 Å². The minimum absolute atomic E-state index is 2.00. The van der Waals surface area contributed by atoms with Crippen molar-refractivity contribution in [1.82, 2.24) is 4.90 Å². The summed E-state index contributed by atoms with van der Waals surface area (Å²) in [5.41, 5.74) is 0. The van der Waals surface area contributed by atoms with Gasteiger partial charge in [0.15, 0.2) is 6.21 Å². The van der Waals surface area contributed by atoms with Gasteiger partial charge in [-0.25, -0.2) is 4.58 Å². The van der Waals surface area contributed by atoms with E-state index in [1.54, 1.807) is 0 Å². The molecule has 0 saturated heterocycles. The van der Waals surface area contributed by atoms with Gasteiger partial charge in [-0.3, -0.25) is 0 Å². The molecule has 0 aromatic rings. The topological polar surface area (TPSA) is 6.25 Å². The molecule has 0 aromatic heterocycles. The Bertz CT molecular complexity index is 172. The third-order valence-electron chi connectivity index (χ3n) is 0.991. The lowest BCUT2D eigenvalue weighted by atomic mass is 10.5. The number of hydrogen-bond acceptors (Lipinski definition) is 1. The molecule has 0 unspecified atom stereocenters. The molecule has 0 aliphatic carbocycles. The third-order valence-corrected chi connectivity index (χ3v) is 0.991. The predicted octanol–water partition coefficient (Wildman–Crippen LogP) is 0.961. The van der Waals surface area contributed by atoms with Crippen molar-refractivity contribution < 1.29 is 4.58 Å². The lowest BCUT2D eigenvalue weighted by molar-refractivity contribution is -0.458. The van der Waals surface area contributed by atoms with Gasteiger partial charge in [0, 0.05) is 20.2 Å². The van der Waals surface area contributed by atoms with Crippen LogP contribution in [0.5, 0.6) is 0 Å². The van der Waals surface area contributed by atoms with Crippen LogP contribution in [-0.4, -0.2) is 43.9 Å². The summed E-state index contributed by atoms with van der Waals surface area (Å²) in [6, 6.07) is 0. The van der Waals surface area contributed by atoms with Gasteiger partial charge in [-0.05, 0) is 12.3 Å². The molecule has 0 aromatic carbocycles. The highest BCUT2D eigenvalue weighted by Gasteiger charge is 1.74. The normalized spacial score (nSPS) is 10.9. The molecule has 0 heterocycles.